The van der Waals surface area contributed by atoms with E-state index in [4.69, 9.17) is 0 Å². The molecule has 5 nitrogen and oxygen atoms in total. The summed E-state index contributed by atoms with van der Waals surface area (Å²) >= 11 is 0. The Labute approximate surface area is 167 Å². The molecule has 0 saturated heterocycles. The van der Waals surface area contributed by atoms with E-state index in [0.29, 0.717) is 5.56 Å². The van der Waals surface area contributed by atoms with Crippen molar-refractivity contribution in [3.05, 3.63) is 59.2 Å². The first-order valence-corrected chi connectivity index (χ1v) is 10.7. The van der Waals surface area contributed by atoms with E-state index >= 15 is 0 Å². The highest BCUT2D eigenvalue weighted by Gasteiger charge is 2.30. The highest BCUT2D eigenvalue weighted by Crippen LogP contribution is 2.31. The topological polar surface area (TPSA) is 75.3 Å². The van der Waals surface area contributed by atoms with Gasteiger partial charge in [-0.15, -0.1) is 0 Å². The molecule has 1 aliphatic carbocycles. The predicted molar refractivity (Wildman–Crippen MR) is 103 cm³/mol. The largest absolute Gasteiger partial charge is 0.416 e. The molecule has 2 aromatic rings. The number of halogens is 3. The highest BCUT2D eigenvalue weighted by molar-refractivity contribution is 7.89. The van der Waals surface area contributed by atoms with Gasteiger partial charge < -0.3 is 5.32 Å². The Balaban J connectivity index is 1.83. The van der Waals surface area contributed by atoms with Crippen molar-refractivity contribution in [2.24, 2.45) is 0 Å². The van der Waals surface area contributed by atoms with E-state index in [9.17, 15) is 26.4 Å². The van der Waals surface area contributed by atoms with Crippen LogP contribution in [0.4, 0.5) is 18.9 Å². The SMILES string of the molecule is Cc1ccc(S(=O)(=O)NC2CCCC2)cc1C(=O)Nc1cccc(C(F)(F)F)c1. The van der Waals surface area contributed by atoms with Crippen LogP contribution in [0.3, 0.4) is 0 Å². The molecule has 0 bridgehead atoms. The molecule has 0 heterocycles. The maximum absolute atomic E-state index is 12.9. The summed E-state index contributed by atoms with van der Waals surface area (Å²) in [6.07, 6.45) is -1.06. The fourth-order valence-electron chi connectivity index (χ4n) is 3.32. The van der Waals surface area contributed by atoms with E-state index < -0.39 is 27.7 Å². The van der Waals surface area contributed by atoms with Crippen molar-refractivity contribution >= 4 is 21.6 Å². The second-order valence-electron chi connectivity index (χ2n) is 7.11. The number of rotatable bonds is 5. The van der Waals surface area contributed by atoms with E-state index in [1.54, 1.807) is 6.92 Å². The normalized spacial score (nSPS) is 15.4. The first kappa shape index (κ1) is 21.3. The fourth-order valence-corrected chi connectivity index (χ4v) is 4.65. The molecule has 0 aliphatic heterocycles. The Hall–Kier alpha value is -2.39. The Morgan fingerprint density at radius 1 is 1.07 bits per heavy atom. The van der Waals surface area contributed by atoms with Crippen LogP contribution >= 0.6 is 0 Å². The monoisotopic (exact) mass is 426 g/mol. The third-order valence-electron chi connectivity index (χ3n) is 4.89. The average molecular weight is 426 g/mol. The maximum Gasteiger partial charge on any atom is 0.416 e. The number of hydrogen-bond donors (Lipinski definition) is 2. The van der Waals surface area contributed by atoms with Crippen molar-refractivity contribution in [2.45, 2.75) is 49.7 Å². The molecule has 3 rings (SSSR count). The molecule has 156 valence electrons. The molecule has 29 heavy (non-hydrogen) atoms. The van der Waals surface area contributed by atoms with Gasteiger partial charge in [0.2, 0.25) is 10.0 Å². The van der Waals surface area contributed by atoms with Crippen LogP contribution in [0.25, 0.3) is 0 Å². The van der Waals surface area contributed by atoms with E-state index in [1.165, 1.54) is 30.3 Å². The van der Waals surface area contributed by atoms with Gasteiger partial charge in [-0.3, -0.25) is 4.79 Å². The molecule has 9 heteroatoms. The van der Waals surface area contributed by atoms with Crippen LogP contribution in [0.5, 0.6) is 0 Å². The van der Waals surface area contributed by atoms with Gasteiger partial charge in [-0.2, -0.15) is 13.2 Å². The van der Waals surface area contributed by atoms with Crippen molar-refractivity contribution in [1.29, 1.82) is 0 Å². The predicted octanol–water partition coefficient (Wildman–Crippen LogP) is 4.49. The molecule has 0 aromatic heterocycles. The second-order valence-corrected chi connectivity index (χ2v) is 8.83. The Morgan fingerprint density at radius 2 is 1.76 bits per heavy atom. The van der Waals surface area contributed by atoms with Gasteiger partial charge in [0, 0.05) is 17.3 Å². The minimum Gasteiger partial charge on any atom is -0.322 e. The third kappa shape index (κ3) is 5.16. The Bertz CT molecular complexity index is 1010. The molecule has 0 unspecified atom stereocenters. The fraction of sp³-hybridized carbons (Fsp3) is 0.350. The summed E-state index contributed by atoms with van der Waals surface area (Å²) in [5, 5.41) is 2.41. The minimum absolute atomic E-state index is 0.0263. The summed E-state index contributed by atoms with van der Waals surface area (Å²) in [5.74, 6) is -0.681. The number of hydrogen-bond acceptors (Lipinski definition) is 3. The van der Waals surface area contributed by atoms with Crippen LogP contribution in [-0.2, 0) is 16.2 Å². The summed E-state index contributed by atoms with van der Waals surface area (Å²) < 4.78 is 66.5. The summed E-state index contributed by atoms with van der Waals surface area (Å²) in [4.78, 5) is 12.6. The molecule has 1 amide bonds. The summed E-state index contributed by atoms with van der Waals surface area (Å²) in [6.45, 7) is 1.63. The van der Waals surface area contributed by atoms with Crippen LogP contribution in [0.15, 0.2) is 47.4 Å². The van der Waals surface area contributed by atoms with E-state index in [1.807, 2.05) is 0 Å². The number of benzene rings is 2. The molecule has 0 atom stereocenters. The van der Waals surface area contributed by atoms with Gasteiger partial charge in [0.25, 0.3) is 5.91 Å². The molecular weight excluding hydrogens is 405 g/mol. The van der Waals surface area contributed by atoms with Crippen LogP contribution in [0.1, 0.15) is 47.2 Å². The summed E-state index contributed by atoms with van der Waals surface area (Å²) in [5.41, 5.74) is -0.323. The van der Waals surface area contributed by atoms with Gasteiger partial charge in [-0.25, -0.2) is 13.1 Å². The molecule has 0 spiro atoms. The zero-order valence-corrected chi connectivity index (χ0v) is 16.5. The number of sulfonamides is 1. The van der Waals surface area contributed by atoms with Gasteiger partial charge in [0.15, 0.2) is 0 Å². The minimum atomic E-state index is -4.53. The van der Waals surface area contributed by atoms with Crippen molar-refractivity contribution in [3.63, 3.8) is 0 Å². The number of carbonyl (C=O) groups excluding carboxylic acids is 1. The molecule has 2 N–H and O–H groups in total. The van der Waals surface area contributed by atoms with Crippen LogP contribution in [-0.4, -0.2) is 20.4 Å². The highest BCUT2D eigenvalue weighted by atomic mass is 32.2. The first-order chi connectivity index (χ1) is 13.6. The maximum atomic E-state index is 12.9. The Kier molecular flexibility index (Phi) is 6.00. The lowest BCUT2D eigenvalue weighted by Gasteiger charge is -2.15. The third-order valence-corrected chi connectivity index (χ3v) is 6.41. The van der Waals surface area contributed by atoms with E-state index in [-0.39, 0.29) is 22.2 Å². The molecule has 1 aliphatic rings. The molecule has 1 fully saturated rings. The van der Waals surface area contributed by atoms with Gasteiger partial charge in [0.1, 0.15) is 0 Å². The van der Waals surface area contributed by atoms with Gasteiger partial charge >= 0.3 is 6.18 Å². The lowest BCUT2D eigenvalue weighted by atomic mass is 10.1. The van der Waals surface area contributed by atoms with Gasteiger partial charge in [-0.1, -0.05) is 25.0 Å². The zero-order valence-electron chi connectivity index (χ0n) is 15.7. The summed E-state index contributed by atoms with van der Waals surface area (Å²) in [6, 6.07) is 8.30. The van der Waals surface area contributed by atoms with Gasteiger partial charge in [-0.05, 0) is 55.7 Å². The first-order valence-electron chi connectivity index (χ1n) is 9.18. The van der Waals surface area contributed by atoms with Crippen LogP contribution in [0.2, 0.25) is 0 Å². The molecular formula is C20H21F3N2O3S. The standard InChI is InChI=1S/C20H21F3N2O3S/c1-13-9-10-17(29(27,28)25-15-6-2-3-7-15)12-18(13)19(26)24-16-8-4-5-14(11-16)20(21,22)23/h4-5,8-12,15,25H,2-3,6-7H2,1H3,(H,24,26). The van der Waals surface area contributed by atoms with Gasteiger partial charge in [0.05, 0.1) is 10.5 Å². The van der Waals surface area contributed by atoms with Crippen molar-refractivity contribution in [3.8, 4) is 0 Å². The number of alkyl halides is 3. The van der Waals surface area contributed by atoms with Crippen LogP contribution < -0.4 is 10.0 Å². The van der Waals surface area contributed by atoms with E-state index in [0.717, 1.165) is 37.8 Å². The smallest absolute Gasteiger partial charge is 0.322 e. The molecule has 2 aromatic carbocycles. The number of nitrogens with one attached hydrogen (secondary N) is 2. The number of aryl methyl sites for hydroxylation is 1. The number of carbonyl (C=O) groups is 1. The number of amides is 1. The lowest BCUT2D eigenvalue weighted by Crippen LogP contribution is -2.32. The van der Waals surface area contributed by atoms with Crippen molar-refractivity contribution in [2.75, 3.05) is 5.32 Å². The quantitative estimate of drug-likeness (QED) is 0.740. The summed E-state index contributed by atoms with van der Waals surface area (Å²) in [7, 11) is -3.79. The van der Waals surface area contributed by atoms with Crippen molar-refractivity contribution < 1.29 is 26.4 Å². The van der Waals surface area contributed by atoms with Crippen LogP contribution in [0, 0.1) is 6.92 Å². The molecule has 0 radical (unpaired) electrons. The lowest BCUT2D eigenvalue weighted by molar-refractivity contribution is -0.137. The Morgan fingerprint density at radius 3 is 2.41 bits per heavy atom. The zero-order chi connectivity index (χ0) is 21.2. The van der Waals surface area contributed by atoms with E-state index in [2.05, 4.69) is 10.0 Å². The average Bonchev–Trinajstić information content (AvgIpc) is 3.13. The molecule has 1 saturated carbocycles. The van der Waals surface area contributed by atoms with Crippen molar-refractivity contribution in [1.82, 2.24) is 4.72 Å². The number of anilines is 1. The second kappa shape index (κ2) is 8.16.